The van der Waals surface area contributed by atoms with E-state index in [-0.39, 0.29) is 0 Å². The van der Waals surface area contributed by atoms with Crippen molar-refractivity contribution in [3.63, 3.8) is 0 Å². The number of anilines is 1. The van der Waals surface area contributed by atoms with Crippen molar-refractivity contribution < 1.29 is 9.47 Å². The molecule has 0 aliphatic carbocycles. The summed E-state index contributed by atoms with van der Waals surface area (Å²) in [7, 11) is 0. The van der Waals surface area contributed by atoms with Crippen molar-refractivity contribution in [1.82, 2.24) is 0 Å². The fraction of sp³-hybridized carbons (Fsp3) is 0.455. The van der Waals surface area contributed by atoms with Crippen LogP contribution in [0.2, 0.25) is 5.02 Å². The van der Waals surface area contributed by atoms with Crippen LogP contribution >= 0.6 is 11.6 Å². The highest BCUT2D eigenvalue weighted by Crippen LogP contribution is 2.21. The van der Waals surface area contributed by atoms with Gasteiger partial charge in [0.25, 0.3) is 0 Å². The van der Waals surface area contributed by atoms with E-state index in [2.05, 4.69) is 12.2 Å². The van der Waals surface area contributed by atoms with Crippen LogP contribution in [0.3, 0.4) is 0 Å². The first-order valence-corrected chi connectivity index (χ1v) is 9.92. The van der Waals surface area contributed by atoms with Crippen LogP contribution < -0.4 is 14.8 Å². The summed E-state index contributed by atoms with van der Waals surface area (Å²) >= 11 is 6.02. The van der Waals surface area contributed by atoms with Gasteiger partial charge in [-0.3, -0.25) is 0 Å². The predicted octanol–water partition coefficient (Wildman–Crippen LogP) is 6.49. The van der Waals surface area contributed by atoms with Crippen LogP contribution in [0, 0.1) is 6.92 Å². The molecule has 0 aromatic heterocycles. The summed E-state index contributed by atoms with van der Waals surface area (Å²) in [4.78, 5) is 0. The molecule has 142 valence electrons. The van der Waals surface area contributed by atoms with Gasteiger partial charge < -0.3 is 14.8 Å². The second kappa shape index (κ2) is 11.7. The van der Waals surface area contributed by atoms with Gasteiger partial charge in [-0.1, -0.05) is 44.2 Å². The van der Waals surface area contributed by atoms with Gasteiger partial charge in [0.2, 0.25) is 0 Å². The zero-order valence-electron chi connectivity index (χ0n) is 15.9. The number of hydrogen-bond donors (Lipinski definition) is 1. The molecule has 0 saturated carbocycles. The quantitative estimate of drug-likeness (QED) is 0.430. The highest BCUT2D eigenvalue weighted by atomic mass is 35.5. The third-order valence-corrected chi connectivity index (χ3v) is 4.62. The lowest BCUT2D eigenvalue weighted by Gasteiger charge is -2.11. The first kappa shape index (κ1) is 20.4. The van der Waals surface area contributed by atoms with Crippen molar-refractivity contribution in [2.75, 3.05) is 25.1 Å². The summed E-state index contributed by atoms with van der Waals surface area (Å²) in [6.45, 7) is 6.33. The molecular formula is C22H30ClNO2. The molecule has 2 aromatic carbocycles. The molecule has 2 aromatic rings. The lowest BCUT2D eigenvalue weighted by Crippen LogP contribution is -2.11. The van der Waals surface area contributed by atoms with E-state index in [1.807, 2.05) is 49.4 Å². The normalized spacial score (nSPS) is 10.6. The topological polar surface area (TPSA) is 30.5 Å². The van der Waals surface area contributed by atoms with E-state index in [1.165, 1.54) is 25.7 Å². The molecule has 0 fully saturated rings. The molecule has 0 atom stereocenters. The van der Waals surface area contributed by atoms with E-state index in [1.54, 1.807) is 0 Å². The van der Waals surface area contributed by atoms with Crippen LogP contribution in [0.1, 0.15) is 44.6 Å². The van der Waals surface area contributed by atoms with Gasteiger partial charge in [0.15, 0.2) is 0 Å². The van der Waals surface area contributed by atoms with E-state index in [9.17, 15) is 0 Å². The highest BCUT2D eigenvalue weighted by molar-refractivity contribution is 6.31. The van der Waals surface area contributed by atoms with E-state index >= 15 is 0 Å². The van der Waals surface area contributed by atoms with Gasteiger partial charge in [0, 0.05) is 17.3 Å². The predicted molar refractivity (Wildman–Crippen MR) is 111 cm³/mol. The van der Waals surface area contributed by atoms with Gasteiger partial charge in [-0.15, -0.1) is 0 Å². The van der Waals surface area contributed by atoms with Gasteiger partial charge in [-0.25, -0.2) is 0 Å². The Labute approximate surface area is 162 Å². The summed E-state index contributed by atoms with van der Waals surface area (Å²) < 4.78 is 11.5. The van der Waals surface area contributed by atoms with Crippen LogP contribution in [0.4, 0.5) is 5.69 Å². The van der Waals surface area contributed by atoms with Gasteiger partial charge >= 0.3 is 0 Å². The second-order valence-electron chi connectivity index (χ2n) is 6.47. The number of ether oxygens (including phenoxy) is 2. The van der Waals surface area contributed by atoms with Crippen LogP contribution in [0.25, 0.3) is 0 Å². The average molecular weight is 376 g/mol. The Morgan fingerprint density at radius 2 is 1.54 bits per heavy atom. The zero-order valence-corrected chi connectivity index (χ0v) is 16.6. The first-order chi connectivity index (χ1) is 12.7. The molecule has 3 nitrogen and oxygen atoms in total. The minimum Gasteiger partial charge on any atom is -0.494 e. The Balaban J connectivity index is 1.61. The number of hydrogen-bond acceptors (Lipinski definition) is 3. The number of benzene rings is 2. The van der Waals surface area contributed by atoms with Crippen LogP contribution in [0.5, 0.6) is 11.5 Å². The Bertz CT molecular complexity index is 643. The number of rotatable bonds is 12. The maximum absolute atomic E-state index is 6.02. The summed E-state index contributed by atoms with van der Waals surface area (Å²) in [5.41, 5.74) is 2.09. The van der Waals surface area contributed by atoms with Crippen molar-refractivity contribution in [3.05, 3.63) is 53.1 Å². The fourth-order valence-electron chi connectivity index (χ4n) is 2.64. The fourth-order valence-corrected chi connectivity index (χ4v) is 2.75. The smallest absolute Gasteiger partial charge is 0.119 e. The third kappa shape index (κ3) is 7.57. The molecule has 0 aliphatic heterocycles. The van der Waals surface area contributed by atoms with E-state index in [0.29, 0.717) is 6.61 Å². The molecule has 0 bridgehead atoms. The van der Waals surface area contributed by atoms with Crippen LogP contribution in [-0.2, 0) is 0 Å². The molecule has 0 radical (unpaired) electrons. The molecule has 0 spiro atoms. The molecule has 4 heteroatoms. The molecule has 26 heavy (non-hydrogen) atoms. The Hall–Kier alpha value is -1.87. The summed E-state index contributed by atoms with van der Waals surface area (Å²) in [6, 6.07) is 13.8. The van der Waals surface area contributed by atoms with E-state index in [4.69, 9.17) is 21.1 Å². The van der Waals surface area contributed by atoms with Crippen molar-refractivity contribution in [3.8, 4) is 11.5 Å². The van der Waals surface area contributed by atoms with Gasteiger partial charge in [0.05, 0.1) is 6.61 Å². The van der Waals surface area contributed by atoms with E-state index in [0.717, 1.165) is 47.3 Å². The van der Waals surface area contributed by atoms with Crippen molar-refractivity contribution in [2.24, 2.45) is 0 Å². The second-order valence-corrected chi connectivity index (χ2v) is 6.88. The van der Waals surface area contributed by atoms with Crippen molar-refractivity contribution >= 4 is 17.3 Å². The van der Waals surface area contributed by atoms with Gasteiger partial charge in [-0.05, 0) is 61.4 Å². The first-order valence-electron chi connectivity index (χ1n) is 9.54. The molecule has 2 rings (SSSR count). The Morgan fingerprint density at radius 1 is 0.846 bits per heavy atom. The summed E-state index contributed by atoms with van der Waals surface area (Å²) in [5, 5.41) is 4.11. The molecule has 0 saturated heterocycles. The average Bonchev–Trinajstić information content (AvgIpc) is 2.65. The van der Waals surface area contributed by atoms with Crippen LogP contribution in [0.15, 0.2) is 42.5 Å². The lowest BCUT2D eigenvalue weighted by atomic mass is 10.2. The highest BCUT2D eigenvalue weighted by Gasteiger charge is 1.99. The minimum atomic E-state index is 0.594. The number of halogens is 1. The molecule has 0 unspecified atom stereocenters. The number of aryl methyl sites for hydroxylation is 1. The van der Waals surface area contributed by atoms with Crippen molar-refractivity contribution in [1.29, 1.82) is 0 Å². The standard InChI is InChI=1S/C22H30ClNO2/c1-3-4-5-6-7-15-25-20-10-8-19(9-11-20)24-14-16-26-21-12-13-22(23)18(2)17-21/h8-13,17,24H,3-7,14-16H2,1-2H3. The Kier molecular flexibility index (Phi) is 9.19. The van der Waals surface area contributed by atoms with Gasteiger partial charge in [0.1, 0.15) is 18.1 Å². The number of nitrogens with one attached hydrogen (secondary N) is 1. The third-order valence-electron chi connectivity index (χ3n) is 4.20. The monoisotopic (exact) mass is 375 g/mol. The largest absolute Gasteiger partial charge is 0.494 e. The molecular weight excluding hydrogens is 346 g/mol. The minimum absolute atomic E-state index is 0.594. The molecule has 1 N–H and O–H groups in total. The lowest BCUT2D eigenvalue weighted by molar-refractivity contribution is 0.304. The molecule has 0 amide bonds. The van der Waals surface area contributed by atoms with Crippen molar-refractivity contribution in [2.45, 2.75) is 46.0 Å². The maximum Gasteiger partial charge on any atom is 0.119 e. The zero-order chi connectivity index (χ0) is 18.6. The van der Waals surface area contributed by atoms with Crippen LogP contribution in [-0.4, -0.2) is 19.8 Å². The summed E-state index contributed by atoms with van der Waals surface area (Å²) in [5.74, 6) is 1.77. The molecule has 0 aliphatic rings. The molecule has 0 heterocycles. The van der Waals surface area contributed by atoms with E-state index < -0.39 is 0 Å². The Morgan fingerprint density at radius 3 is 2.27 bits per heavy atom. The number of unbranched alkanes of at least 4 members (excludes halogenated alkanes) is 4. The summed E-state index contributed by atoms with van der Waals surface area (Å²) in [6.07, 6.45) is 6.28. The maximum atomic E-state index is 6.02. The van der Waals surface area contributed by atoms with Gasteiger partial charge in [-0.2, -0.15) is 0 Å². The SMILES string of the molecule is CCCCCCCOc1ccc(NCCOc2ccc(Cl)c(C)c2)cc1.